The number of benzene rings is 2. The highest BCUT2D eigenvalue weighted by atomic mass is 32.2. The van der Waals surface area contributed by atoms with Crippen LogP contribution in [0, 0.1) is 6.92 Å². The van der Waals surface area contributed by atoms with Crippen LogP contribution in [-0.4, -0.2) is 27.4 Å². The SMILES string of the molecule is CC(=O)c1cccc(NC(=O)CSc2nccnc2Sc2cccc(C)c2)c1. The highest BCUT2D eigenvalue weighted by Crippen LogP contribution is 2.32. The van der Waals surface area contributed by atoms with Gasteiger partial charge >= 0.3 is 0 Å². The molecule has 0 fully saturated rings. The summed E-state index contributed by atoms with van der Waals surface area (Å²) < 4.78 is 0. The van der Waals surface area contributed by atoms with Crippen molar-refractivity contribution >= 4 is 40.9 Å². The van der Waals surface area contributed by atoms with Gasteiger partial charge in [0.2, 0.25) is 5.91 Å². The first kappa shape index (κ1) is 20.1. The molecule has 0 unspecified atom stereocenters. The molecule has 0 aliphatic carbocycles. The van der Waals surface area contributed by atoms with E-state index in [1.165, 1.54) is 36.0 Å². The lowest BCUT2D eigenvalue weighted by Gasteiger charge is -2.08. The Morgan fingerprint density at radius 1 is 1.00 bits per heavy atom. The number of carbonyl (C=O) groups is 2. The Hall–Kier alpha value is -2.64. The Balaban J connectivity index is 1.64. The summed E-state index contributed by atoms with van der Waals surface area (Å²) in [5.74, 6) is -0.00427. The standard InChI is InChI=1S/C21H19N3O2S2/c1-14-5-3-8-18(11-14)28-21-20(22-9-10-23-21)27-13-19(26)24-17-7-4-6-16(12-17)15(2)25/h3-12H,13H2,1-2H3,(H,24,26). The number of anilines is 1. The van der Waals surface area contributed by atoms with Crippen molar-refractivity contribution in [2.75, 3.05) is 11.1 Å². The highest BCUT2D eigenvalue weighted by Gasteiger charge is 2.11. The molecule has 142 valence electrons. The second-order valence-corrected chi connectivity index (χ2v) is 8.09. The summed E-state index contributed by atoms with van der Waals surface area (Å²) in [6.07, 6.45) is 3.27. The third-order valence-corrected chi connectivity index (χ3v) is 5.82. The summed E-state index contributed by atoms with van der Waals surface area (Å²) in [6.45, 7) is 3.54. The van der Waals surface area contributed by atoms with Gasteiger partial charge in [0.15, 0.2) is 5.78 Å². The molecule has 0 spiro atoms. The number of ketones is 1. The van der Waals surface area contributed by atoms with Gasteiger partial charge in [-0.2, -0.15) is 0 Å². The summed E-state index contributed by atoms with van der Waals surface area (Å²) in [5.41, 5.74) is 2.35. The summed E-state index contributed by atoms with van der Waals surface area (Å²) in [7, 11) is 0. The summed E-state index contributed by atoms with van der Waals surface area (Å²) in [4.78, 5) is 33.6. The maximum Gasteiger partial charge on any atom is 0.234 e. The number of amides is 1. The van der Waals surface area contributed by atoms with Crippen molar-refractivity contribution < 1.29 is 9.59 Å². The van der Waals surface area contributed by atoms with E-state index in [0.717, 1.165) is 9.92 Å². The van der Waals surface area contributed by atoms with Gasteiger partial charge in [-0.15, -0.1) is 0 Å². The Bertz CT molecular complexity index is 1010. The average Bonchev–Trinajstić information content (AvgIpc) is 2.67. The van der Waals surface area contributed by atoms with Crippen LogP contribution in [0.3, 0.4) is 0 Å². The van der Waals surface area contributed by atoms with E-state index >= 15 is 0 Å². The number of hydrogen-bond donors (Lipinski definition) is 1. The molecule has 1 aromatic heterocycles. The molecule has 2 aromatic carbocycles. The zero-order valence-corrected chi connectivity index (χ0v) is 17.1. The monoisotopic (exact) mass is 409 g/mol. The fourth-order valence-corrected chi connectivity index (χ4v) is 4.24. The van der Waals surface area contributed by atoms with E-state index in [9.17, 15) is 9.59 Å². The number of Topliss-reactive ketones (excluding diaryl/α,β-unsaturated/α-hetero) is 1. The van der Waals surface area contributed by atoms with Crippen molar-refractivity contribution in [3.8, 4) is 0 Å². The molecule has 1 heterocycles. The lowest BCUT2D eigenvalue weighted by Crippen LogP contribution is -2.14. The molecule has 0 radical (unpaired) electrons. The molecule has 7 heteroatoms. The number of aromatic nitrogens is 2. The van der Waals surface area contributed by atoms with Gasteiger partial charge in [0.05, 0.1) is 5.75 Å². The molecule has 5 nitrogen and oxygen atoms in total. The quantitative estimate of drug-likeness (QED) is 0.443. The van der Waals surface area contributed by atoms with E-state index < -0.39 is 0 Å². The van der Waals surface area contributed by atoms with E-state index in [-0.39, 0.29) is 17.4 Å². The molecule has 0 saturated heterocycles. The first-order valence-corrected chi connectivity index (χ1v) is 10.4. The number of nitrogens with zero attached hydrogens (tertiary/aromatic N) is 2. The minimum Gasteiger partial charge on any atom is -0.325 e. The molecule has 0 bridgehead atoms. The number of hydrogen-bond acceptors (Lipinski definition) is 6. The van der Waals surface area contributed by atoms with Crippen LogP contribution in [-0.2, 0) is 4.79 Å². The van der Waals surface area contributed by atoms with Gasteiger partial charge in [0.25, 0.3) is 0 Å². The molecular formula is C21H19N3O2S2. The van der Waals surface area contributed by atoms with E-state index in [1.54, 1.807) is 36.7 Å². The van der Waals surface area contributed by atoms with Gasteiger partial charge in [-0.05, 0) is 38.1 Å². The summed E-state index contributed by atoms with van der Waals surface area (Å²) >= 11 is 2.86. The summed E-state index contributed by atoms with van der Waals surface area (Å²) in [5, 5.41) is 4.29. The zero-order chi connectivity index (χ0) is 19.9. The van der Waals surface area contributed by atoms with Gasteiger partial charge in [0.1, 0.15) is 10.1 Å². The van der Waals surface area contributed by atoms with Crippen molar-refractivity contribution in [1.29, 1.82) is 0 Å². The minimum absolute atomic E-state index is 0.0390. The fourth-order valence-electron chi connectivity index (χ4n) is 2.42. The molecule has 0 aliphatic rings. The lowest BCUT2D eigenvalue weighted by atomic mass is 10.1. The average molecular weight is 410 g/mol. The fraction of sp³-hybridized carbons (Fsp3) is 0.143. The smallest absolute Gasteiger partial charge is 0.234 e. The van der Waals surface area contributed by atoms with Gasteiger partial charge in [0, 0.05) is 28.5 Å². The Morgan fingerprint density at radius 3 is 2.50 bits per heavy atom. The van der Waals surface area contributed by atoms with Crippen LogP contribution >= 0.6 is 23.5 Å². The molecule has 28 heavy (non-hydrogen) atoms. The lowest BCUT2D eigenvalue weighted by molar-refractivity contribution is -0.113. The van der Waals surface area contributed by atoms with Crippen molar-refractivity contribution in [3.63, 3.8) is 0 Å². The van der Waals surface area contributed by atoms with E-state index in [4.69, 9.17) is 0 Å². The van der Waals surface area contributed by atoms with E-state index in [1.807, 2.05) is 25.1 Å². The van der Waals surface area contributed by atoms with E-state index in [0.29, 0.717) is 16.3 Å². The highest BCUT2D eigenvalue weighted by molar-refractivity contribution is 8.02. The topological polar surface area (TPSA) is 72.0 Å². The molecule has 0 saturated carbocycles. The van der Waals surface area contributed by atoms with Crippen LogP contribution in [0.15, 0.2) is 75.9 Å². The van der Waals surface area contributed by atoms with Crippen LogP contribution < -0.4 is 5.32 Å². The third-order valence-electron chi connectivity index (χ3n) is 3.73. The Labute approximate surface area is 172 Å². The number of carbonyl (C=O) groups excluding carboxylic acids is 2. The second-order valence-electron chi connectivity index (χ2n) is 6.06. The van der Waals surface area contributed by atoms with Gasteiger partial charge in [-0.3, -0.25) is 9.59 Å². The number of thioether (sulfide) groups is 1. The van der Waals surface area contributed by atoms with Gasteiger partial charge in [-0.25, -0.2) is 9.97 Å². The molecule has 3 aromatic rings. The molecule has 1 N–H and O–H groups in total. The molecular weight excluding hydrogens is 390 g/mol. The molecule has 1 amide bonds. The normalized spacial score (nSPS) is 10.5. The predicted octanol–water partition coefficient (Wildman–Crippen LogP) is 4.87. The number of aryl methyl sites for hydroxylation is 1. The Morgan fingerprint density at radius 2 is 1.75 bits per heavy atom. The van der Waals surface area contributed by atoms with Crippen molar-refractivity contribution in [2.45, 2.75) is 28.8 Å². The minimum atomic E-state index is -0.164. The molecule has 3 rings (SSSR count). The van der Waals surface area contributed by atoms with Crippen LogP contribution in [0.4, 0.5) is 5.69 Å². The predicted molar refractivity (Wildman–Crippen MR) is 113 cm³/mol. The van der Waals surface area contributed by atoms with Crippen LogP contribution in [0.25, 0.3) is 0 Å². The maximum atomic E-state index is 12.3. The van der Waals surface area contributed by atoms with E-state index in [2.05, 4.69) is 21.4 Å². The van der Waals surface area contributed by atoms with Crippen LogP contribution in [0.1, 0.15) is 22.8 Å². The van der Waals surface area contributed by atoms with Crippen molar-refractivity contribution in [1.82, 2.24) is 9.97 Å². The second kappa shape index (κ2) is 9.52. The Kier molecular flexibility index (Phi) is 6.84. The first-order chi connectivity index (χ1) is 13.5. The maximum absolute atomic E-state index is 12.3. The number of rotatable bonds is 7. The first-order valence-electron chi connectivity index (χ1n) is 8.60. The number of nitrogens with one attached hydrogen (secondary N) is 1. The molecule has 0 aliphatic heterocycles. The summed E-state index contributed by atoms with van der Waals surface area (Å²) in [6, 6.07) is 15.1. The zero-order valence-electron chi connectivity index (χ0n) is 15.5. The van der Waals surface area contributed by atoms with Crippen LogP contribution in [0.5, 0.6) is 0 Å². The molecule has 0 atom stereocenters. The van der Waals surface area contributed by atoms with Crippen molar-refractivity contribution in [2.24, 2.45) is 0 Å². The van der Waals surface area contributed by atoms with Gasteiger partial charge < -0.3 is 5.32 Å². The largest absolute Gasteiger partial charge is 0.325 e. The van der Waals surface area contributed by atoms with Crippen molar-refractivity contribution in [3.05, 3.63) is 72.1 Å². The van der Waals surface area contributed by atoms with Gasteiger partial charge in [-0.1, -0.05) is 53.4 Å². The van der Waals surface area contributed by atoms with Crippen LogP contribution in [0.2, 0.25) is 0 Å². The third kappa shape index (κ3) is 5.68.